The Morgan fingerprint density at radius 1 is 0.786 bits per heavy atom. The van der Waals surface area contributed by atoms with Gasteiger partial charge in [-0.3, -0.25) is 4.79 Å². The smallest absolute Gasteiger partial charge is 0.458 e. The molecule has 0 aliphatic carbocycles. The van der Waals surface area contributed by atoms with E-state index in [4.69, 9.17) is 38.9 Å². The van der Waals surface area contributed by atoms with Gasteiger partial charge in [-0.1, -0.05) is 33.3 Å². The summed E-state index contributed by atoms with van der Waals surface area (Å²) in [5, 5.41) is 0. The van der Waals surface area contributed by atoms with Gasteiger partial charge < -0.3 is 38.9 Å². The van der Waals surface area contributed by atoms with E-state index in [0.29, 0.717) is 24.8 Å². The fourth-order valence-electron chi connectivity index (χ4n) is 2.95. The zero-order valence-electron chi connectivity index (χ0n) is 26.3. The molecule has 0 amide bonds. The Balaban J connectivity index is 2.99. The predicted molar refractivity (Wildman–Crippen MR) is 153 cm³/mol. The molecule has 12 heteroatoms. The molecule has 42 heavy (non-hydrogen) atoms. The second-order valence-electron chi connectivity index (χ2n) is 11.1. The molecule has 3 atom stereocenters. The number of carbonyl (C=O) groups is 4. The molecule has 0 bridgehead atoms. The van der Waals surface area contributed by atoms with Crippen molar-refractivity contribution in [1.82, 2.24) is 0 Å². The van der Waals surface area contributed by atoms with Crippen LogP contribution in [-0.2, 0) is 34.9 Å². The summed E-state index contributed by atoms with van der Waals surface area (Å²) in [4.78, 5) is 49.4. The Labute approximate surface area is 248 Å². The van der Waals surface area contributed by atoms with Crippen LogP contribution in [0.2, 0.25) is 0 Å². The summed E-state index contributed by atoms with van der Waals surface area (Å²) >= 11 is 0. The quantitative estimate of drug-likeness (QED) is 0.105. The van der Waals surface area contributed by atoms with E-state index in [2.05, 4.69) is 0 Å². The Hall–Kier alpha value is -3.54. The molecule has 12 nitrogen and oxygen atoms in total. The van der Waals surface area contributed by atoms with Gasteiger partial charge in [-0.05, 0) is 84.9 Å². The molecule has 238 valence electrons. The first-order valence-corrected chi connectivity index (χ1v) is 14.3. The van der Waals surface area contributed by atoms with Gasteiger partial charge in [0.05, 0.1) is 6.61 Å². The lowest BCUT2D eigenvalue weighted by Gasteiger charge is -2.24. The van der Waals surface area contributed by atoms with Gasteiger partial charge in [-0.2, -0.15) is 0 Å². The molecule has 1 aromatic carbocycles. The minimum Gasteiger partial charge on any atom is -0.458 e. The lowest BCUT2D eigenvalue weighted by molar-refractivity contribution is -0.155. The molecule has 0 fully saturated rings. The number of esters is 1. The van der Waals surface area contributed by atoms with E-state index in [9.17, 15) is 19.2 Å². The molecule has 0 aliphatic rings. The number of rotatable bonds is 15. The van der Waals surface area contributed by atoms with Crippen molar-refractivity contribution in [3.63, 3.8) is 0 Å². The lowest BCUT2D eigenvalue weighted by Crippen LogP contribution is -2.39. The highest BCUT2D eigenvalue weighted by molar-refractivity contribution is 5.76. The topological polar surface area (TPSA) is 159 Å². The van der Waals surface area contributed by atoms with Crippen LogP contribution in [0.4, 0.5) is 14.4 Å². The molecule has 0 aliphatic heterocycles. The molecule has 0 unspecified atom stereocenters. The highest BCUT2D eigenvalue weighted by atomic mass is 16.8. The summed E-state index contributed by atoms with van der Waals surface area (Å²) in [5.41, 5.74) is 5.00. The Morgan fingerprint density at radius 3 is 1.83 bits per heavy atom. The van der Waals surface area contributed by atoms with Crippen molar-refractivity contribution in [3.05, 3.63) is 23.8 Å². The van der Waals surface area contributed by atoms with E-state index in [1.165, 1.54) is 12.1 Å². The number of carbonyl (C=O) groups excluding carboxylic acids is 4. The van der Waals surface area contributed by atoms with Crippen LogP contribution >= 0.6 is 0 Å². The van der Waals surface area contributed by atoms with Crippen LogP contribution < -0.4 is 15.2 Å². The van der Waals surface area contributed by atoms with Crippen molar-refractivity contribution in [2.75, 3.05) is 6.61 Å². The number of benzene rings is 1. The summed E-state index contributed by atoms with van der Waals surface area (Å²) in [6.07, 6.45) is -1.78. The number of unbranched alkanes of at least 4 members (excludes halogenated alkanes) is 1. The molecular formula is C30H47NO11. The van der Waals surface area contributed by atoms with E-state index in [1.54, 1.807) is 47.6 Å². The van der Waals surface area contributed by atoms with Gasteiger partial charge in [-0.25, -0.2) is 14.4 Å². The maximum Gasteiger partial charge on any atom is 0.514 e. The standard InChI is InChI=1S/C30H47NO11/c1-10-13-16-36-26(33)38-20(5)19(4)37-25(32)22(31)17-21-14-15-23(39-27(34)41-29(6,7)11-2)24(18-21)40-28(35)42-30(8,9)12-3/h14-15,18-20,22H,10-13,16-17,31H2,1-9H3/t19-,20-,22-/m0/s1. The average Bonchev–Trinajstić information content (AvgIpc) is 2.89. The van der Waals surface area contributed by atoms with Crippen molar-refractivity contribution >= 4 is 24.4 Å². The molecule has 0 radical (unpaired) electrons. The first kappa shape index (κ1) is 36.5. The zero-order chi connectivity index (χ0) is 32.1. The summed E-state index contributed by atoms with van der Waals surface area (Å²) in [6, 6.07) is 3.24. The van der Waals surface area contributed by atoms with Crippen LogP contribution in [0.15, 0.2) is 18.2 Å². The Morgan fingerprint density at radius 2 is 1.31 bits per heavy atom. The monoisotopic (exact) mass is 597 g/mol. The largest absolute Gasteiger partial charge is 0.514 e. The van der Waals surface area contributed by atoms with Crippen LogP contribution in [0.5, 0.6) is 11.5 Å². The van der Waals surface area contributed by atoms with Crippen LogP contribution in [0.25, 0.3) is 0 Å². The van der Waals surface area contributed by atoms with Gasteiger partial charge in [0, 0.05) is 0 Å². The third kappa shape index (κ3) is 13.4. The lowest BCUT2D eigenvalue weighted by atomic mass is 10.1. The second-order valence-corrected chi connectivity index (χ2v) is 11.1. The number of nitrogens with two attached hydrogens (primary N) is 1. The number of ether oxygens (including phenoxy) is 7. The maximum absolute atomic E-state index is 12.7. The fraction of sp³-hybridized carbons (Fsp3) is 0.667. The summed E-state index contributed by atoms with van der Waals surface area (Å²) in [7, 11) is 0. The third-order valence-corrected chi connectivity index (χ3v) is 6.54. The number of hydrogen-bond donors (Lipinski definition) is 1. The highest BCUT2D eigenvalue weighted by Crippen LogP contribution is 2.31. The van der Waals surface area contributed by atoms with Crippen LogP contribution in [-0.4, -0.2) is 60.5 Å². The van der Waals surface area contributed by atoms with E-state index in [1.807, 2.05) is 20.8 Å². The minimum absolute atomic E-state index is 0.0146. The molecule has 1 rings (SSSR count). The van der Waals surface area contributed by atoms with Crippen molar-refractivity contribution in [1.29, 1.82) is 0 Å². The third-order valence-electron chi connectivity index (χ3n) is 6.54. The van der Waals surface area contributed by atoms with Crippen molar-refractivity contribution < 1.29 is 52.3 Å². The molecule has 0 saturated heterocycles. The van der Waals surface area contributed by atoms with Gasteiger partial charge in [0.2, 0.25) is 0 Å². The van der Waals surface area contributed by atoms with Gasteiger partial charge in [0.1, 0.15) is 29.5 Å². The predicted octanol–water partition coefficient (Wildman–Crippen LogP) is 6.24. The van der Waals surface area contributed by atoms with E-state index >= 15 is 0 Å². The molecule has 0 saturated carbocycles. The van der Waals surface area contributed by atoms with Crippen LogP contribution in [0.3, 0.4) is 0 Å². The van der Waals surface area contributed by atoms with Crippen molar-refractivity contribution in [3.8, 4) is 11.5 Å². The van der Waals surface area contributed by atoms with Gasteiger partial charge in [0.25, 0.3) is 0 Å². The van der Waals surface area contributed by atoms with Gasteiger partial charge >= 0.3 is 24.4 Å². The summed E-state index contributed by atoms with van der Waals surface area (Å²) in [6.45, 7) is 15.9. The Bertz CT molecular complexity index is 1050. The van der Waals surface area contributed by atoms with Crippen LogP contribution in [0.1, 0.15) is 93.6 Å². The maximum atomic E-state index is 12.7. The van der Waals surface area contributed by atoms with Gasteiger partial charge in [0.15, 0.2) is 11.5 Å². The van der Waals surface area contributed by atoms with Crippen molar-refractivity contribution in [2.45, 2.75) is 124 Å². The van der Waals surface area contributed by atoms with E-state index < -0.39 is 53.9 Å². The summed E-state index contributed by atoms with van der Waals surface area (Å²) in [5.74, 6) is -0.966. The van der Waals surface area contributed by atoms with E-state index in [-0.39, 0.29) is 24.5 Å². The average molecular weight is 598 g/mol. The fourth-order valence-corrected chi connectivity index (χ4v) is 2.95. The first-order chi connectivity index (χ1) is 19.5. The van der Waals surface area contributed by atoms with Crippen molar-refractivity contribution in [2.24, 2.45) is 5.73 Å². The molecular weight excluding hydrogens is 550 g/mol. The first-order valence-electron chi connectivity index (χ1n) is 14.3. The SMILES string of the molecule is CCCCOC(=O)O[C@@H](C)[C@H](C)OC(=O)[C@@H](N)Cc1ccc(OC(=O)OC(C)(C)CC)c(OC(=O)OC(C)(C)CC)c1. The number of hydrogen-bond acceptors (Lipinski definition) is 12. The Kier molecular flexibility index (Phi) is 14.6. The molecule has 0 spiro atoms. The van der Waals surface area contributed by atoms with Crippen LogP contribution in [0, 0.1) is 0 Å². The molecule has 0 heterocycles. The normalized spacial score (nSPS) is 13.7. The van der Waals surface area contributed by atoms with Gasteiger partial charge in [-0.15, -0.1) is 0 Å². The molecule has 2 N–H and O–H groups in total. The molecule has 1 aromatic rings. The second kappa shape index (κ2) is 16.8. The minimum atomic E-state index is -1.11. The molecule has 0 aromatic heterocycles. The highest BCUT2D eigenvalue weighted by Gasteiger charge is 2.28. The van der Waals surface area contributed by atoms with E-state index in [0.717, 1.165) is 6.42 Å². The zero-order valence-corrected chi connectivity index (χ0v) is 26.3. The summed E-state index contributed by atoms with van der Waals surface area (Å²) < 4.78 is 36.9.